The molecule has 9 heteroatoms. The molecule has 0 saturated carbocycles. The Balaban J connectivity index is 1.81. The number of fused-ring (bicyclic) bond motifs is 1. The molecule has 0 spiro atoms. The average Bonchev–Trinajstić information content (AvgIpc) is 2.99. The van der Waals surface area contributed by atoms with Crippen molar-refractivity contribution in [1.82, 2.24) is 14.5 Å². The third kappa shape index (κ3) is 4.83. The van der Waals surface area contributed by atoms with Gasteiger partial charge in [0.1, 0.15) is 17.5 Å². The number of nitrogens with one attached hydrogen (secondary N) is 1. The highest BCUT2D eigenvalue weighted by molar-refractivity contribution is 7.90. The number of carbonyl (C=O) groups excluding carboxylic acids is 3. The van der Waals surface area contributed by atoms with Crippen LogP contribution in [0.2, 0.25) is 0 Å². The molecule has 3 amide bonds. The Hall–Kier alpha value is -3.20. The van der Waals surface area contributed by atoms with Crippen LogP contribution < -0.4 is 5.32 Å². The molecule has 0 aliphatic carbocycles. The molecular formula is C23H27N3O5S. The summed E-state index contributed by atoms with van der Waals surface area (Å²) in [7, 11) is -4.12. The molecule has 0 fully saturated rings. The minimum atomic E-state index is -4.12. The van der Waals surface area contributed by atoms with Crippen molar-refractivity contribution in [3.8, 4) is 0 Å². The van der Waals surface area contributed by atoms with Gasteiger partial charge in [0.05, 0.1) is 5.56 Å². The molecule has 32 heavy (non-hydrogen) atoms. The zero-order chi connectivity index (χ0) is 23.3. The SMILES string of the molecule is CCCNC(=O)[C@H](C)N(CCc1ccccc1)C(=O)CN1C(=O)c2ccccc2S1(=O)=O. The summed E-state index contributed by atoms with van der Waals surface area (Å²) in [5.41, 5.74) is 1.02. The minimum Gasteiger partial charge on any atom is -0.354 e. The van der Waals surface area contributed by atoms with Gasteiger partial charge in [-0.2, -0.15) is 0 Å². The first-order valence-corrected chi connectivity index (χ1v) is 12.0. The van der Waals surface area contributed by atoms with Crippen LogP contribution >= 0.6 is 0 Å². The van der Waals surface area contributed by atoms with Crippen molar-refractivity contribution in [2.24, 2.45) is 0 Å². The molecule has 1 aliphatic heterocycles. The second-order valence-electron chi connectivity index (χ2n) is 7.60. The number of amides is 3. The lowest BCUT2D eigenvalue weighted by Gasteiger charge is -2.30. The zero-order valence-corrected chi connectivity index (χ0v) is 19.0. The molecule has 8 nitrogen and oxygen atoms in total. The maximum Gasteiger partial charge on any atom is 0.269 e. The molecule has 0 aromatic heterocycles. The number of hydrogen-bond acceptors (Lipinski definition) is 5. The Morgan fingerprint density at radius 2 is 1.72 bits per heavy atom. The molecule has 0 bridgehead atoms. The molecule has 0 unspecified atom stereocenters. The highest BCUT2D eigenvalue weighted by Gasteiger charge is 2.43. The Bertz CT molecular complexity index is 1100. The van der Waals surface area contributed by atoms with Gasteiger partial charge in [-0.05, 0) is 37.5 Å². The van der Waals surface area contributed by atoms with Crippen molar-refractivity contribution < 1.29 is 22.8 Å². The standard InChI is InChI=1S/C23H27N3O5S/c1-3-14-24-22(28)17(2)25(15-13-18-9-5-4-6-10-18)21(27)16-26-23(29)19-11-7-8-12-20(19)32(26,30)31/h4-12,17H,3,13-16H2,1-2H3,(H,24,28)/t17-/m0/s1. The molecule has 0 saturated heterocycles. The lowest BCUT2D eigenvalue weighted by molar-refractivity contribution is -0.139. The van der Waals surface area contributed by atoms with Crippen LogP contribution in [0.15, 0.2) is 59.5 Å². The second-order valence-corrected chi connectivity index (χ2v) is 9.43. The van der Waals surface area contributed by atoms with Crippen molar-refractivity contribution in [2.75, 3.05) is 19.6 Å². The van der Waals surface area contributed by atoms with Crippen LogP contribution in [0.1, 0.15) is 36.2 Å². The van der Waals surface area contributed by atoms with Gasteiger partial charge in [0.2, 0.25) is 11.8 Å². The van der Waals surface area contributed by atoms with Crippen LogP contribution in [-0.4, -0.2) is 61.0 Å². The lowest BCUT2D eigenvalue weighted by atomic mass is 10.1. The number of carbonyl (C=O) groups is 3. The first kappa shape index (κ1) is 23.5. The Morgan fingerprint density at radius 1 is 1.06 bits per heavy atom. The summed E-state index contributed by atoms with van der Waals surface area (Å²) in [4.78, 5) is 39.7. The van der Waals surface area contributed by atoms with Gasteiger partial charge in [-0.15, -0.1) is 0 Å². The first-order chi connectivity index (χ1) is 15.3. The predicted molar refractivity (Wildman–Crippen MR) is 119 cm³/mol. The van der Waals surface area contributed by atoms with Gasteiger partial charge in [0.25, 0.3) is 15.9 Å². The van der Waals surface area contributed by atoms with E-state index < -0.39 is 34.4 Å². The van der Waals surface area contributed by atoms with E-state index in [-0.39, 0.29) is 22.9 Å². The van der Waals surface area contributed by atoms with Crippen LogP contribution in [0.4, 0.5) is 0 Å². The predicted octanol–water partition coefficient (Wildman–Crippen LogP) is 1.82. The molecule has 2 aromatic carbocycles. The fourth-order valence-corrected chi connectivity index (χ4v) is 5.09. The maximum absolute atomic E-state index is 13.2. The van der Waals surface area contributed by atoms with Crippen molar-refractivity contribution in [1.29, 1.82) is 0 Å². The second kappa shape index (κ2) is 9.95. The van der Waals surface area contributed by atoms with E-state index in [9.17, 15) is 22.8 Å². The monoisotopic (exact) mass is 457 g/mol. The van der Waals surface area contributed by atoms with Crippen LogP contribution in [0.3, 0.4) is 0 Å². The number of nitrogens with zero attached hydrogens (tertiary/aromatic N) is 2. The summed E-state index contributed by atoms with van der Waals surface area (Å²) in [5, 5.41) is 2.77. The van der Waals surface area contributed by atoms with Gasteiger partial charge >= 0.3 is 0 Å². The third-order valence-corrected chi connectivity index (χ3v) is 7.18. The van der Waals surface area contributed by atoms with E-state index in [2.05, 4.69) is 5.32 Å². The molecule has 1 N–H and O–H groups in total. The molecule has 3 rings (SSSR count). The third-order valence-electron chi connectivity index (χ3n) is 5.39. The molecule has 1 heterocycles. The van der Waals surface area contributed by atoms with Crippen molar-refractivity contribution >= 4 is 27.7 Å². The average molecular weight is 458 g/mol. The van der Waals surface area contributed by atoms with E-state index in [0.29, 0.717) is 17.3 Å². The van der Waals surface area contributed by atoms with E-state index in [4.69, 9.17) is 0 Å². The van der Waals surface area contributed by atoms with E-state index in [1.165, 1.54) is 23.1 Å². The quantitative estimate of drug-likeness (QED) is 0.619. The van der Waals surface area contributed by atoms with Gasteiger partial charge in [0.15, 0.2) is 0 Å². The van der Waals surface area contributed by atoms with Gasteiger partial charge in [-0.1, -0.05) is 49.4 Å². The Labute approximate surface area is 188 Å². The Kier molecular flexibility index (Phi) is 7.29. The summed E-state index contributed by atoms with van der Waals surface area (Å²) < 4.78 is 26.3. The number of hydrogen-bond donors (Lipinski definition) is 1. The smallest absolute Gasteiger partial charge is 0.269 e. The zero-order valence-electron chi connectivity index (χ0n) is 18.2. The van der Waals surface area contributed by atoms with Gasteiger partial charge in [-0.25, -0.2) is 12.7 Å². The van der Waals surface area contributed by atoms with Gasteiger partial charge in [0, 0.05) is 13.1 Å². The van der Waals surface area contributed by atoms with E-state index >= 15 is 0 Å². The minimum absolute atomic E-state index is 0.0462. The summed E-state index contributed by atoms with van der Waals surface area (Å²) in [6, 6.07) is 14.5. The molecule has 1 aliphatic rings. The Morgan fingerprint density at radius 3 is 2.38 bits per heavy atom. The summed E-state index contributed by atoms with van der Waals surface area (Å²) in [6.07, 6.45) is 1.23. The van der Waals surface area contributed by atoms with Crippen molar-refractivity contribution in [2.45, 2.75) is 37.6 Å². The maximum atomic E-state index is 13.2. The normalized spacial score (nSPS) is 15.2. The van der Waals surface area contributed by atoms with Crippen LogP contribution in [-0.2, 0) is 26.0 Å². The molecule has 2 aromatic rings. The van der Waals surface area contributed by atoms with E-state index in [1.807, 2.05) is 37.3 Å². The fraction of sp³-hybridized carbons (Fsp3) is 0.348. The molecule has 170 valence electrons. The fourth-order valence-electron chi connectivity index (χ4n) is 3.57. The van der Waals surface area contributed by atoms with Crippen LogP contribution in [0.5, 0.6) is 0 Å². The van der Waals surface area contributed by atoms with E-state index in [0.717, 1.165) is 12.0 Å². The highest BCUT2D eigenvalue weighted by atomic mass is 32.2. The van der Waals surface area contributed by atoms with E-state index in [1.54, 1.807) is 13.0 Å². The van der Waals surface area contributed by atoms with Crippen molar-refractivity contribution in [3.05, 3.63) is 65.7 Å². The number of benzene rings is 2. The number of sulfonamides is 1. The lowest BCUT2D eigenvalue weighted by Crippen LogP contribution is -2.52. The molecular weight excluding hydrogens is 430 g/mol. The first-order valence-electron chi connectivity index (χ1n) is 10.5. The van der Waals surface area contributed by atoms with Crippen LogP contribution in [0, 0.1) is 0 Å². The van der Waals surface area contributed by atoms with Gasteiger partial charge in [-0.3, -0.25) is 14.4 Å². The summed E-state index contributed by atoms with van der Waals surface area (Å²) >= 11 is 0. The van der Waals surface area contributed by atoms with Crippen molar-refractivity contribution in [3.63, 3.8) is 0 Å². The molecule has 0 radical (unpaired) electrons. The topological polar surface area (TPSA) is 104 Å². The summed E-state index contributed by atoms with van der Waals surface area (Å²) in [6.45, 7) is 3.54. The van der Waals surface area contributed by atoms with Gasteiger partial charge < -0.3 is 10.2 Å². The summed E-state index contributed by atoms with van der Waals surface area (Å²) in [5.74, 6) is -1.67. The van der Waals surface area contributed by atoms with Crippen LogP contribution in [0.25, 0.3) is 0 Å². The highest BCUT2D eigenvalue weighted by Crippen LogP contribution is 2.29. The number of rotatable bonds is 9. The molecule has 1 atom stereocenters. The largest absolute Gasteiger partial charge is 0.354 e.